The van der Waals surface area contributed by atoms with Crippen LogP contribution in [0.25, 0.3) is 0 Å². The largest absolute Gasteiger partial charge is 0.480 e. The van der Waals surface area contributed by atoms with Crippen molar-refractivity contribution < 1.29 is 14.7 Å². The lowest BCUT2D eigenvalue weighted by molar-refractivity contribution is -0.139. The van der Waals surface area contributed by atoms with Gasteiger partial charge in [0.25, 0.3) is 0 Å². The number of benzene rings is 1. The van der Waals surface area contributed by atoms with Crippen molar-refractivity contribution in [2.45, 2.75) is 57.4 Å². The molecule has 1 saturated heterocycles. The summed E-state index contributed by atoms with van der Waals surface area (Å²) in [5.74, 6) is -0.789. The number of aliphatic carboxylic acids is 1. The van der Waals surface area contributed by atoms with Gasteiger partial charge in [-0.15, -0.1) is 0 Å². The minimum atomic E-state index is -0.789. The van der Waals surface area contributed by atoms with Gasteiger partial charge in [-0.3, -0.25) is 9.69 Å². The first-order chi connectivity index (χ1) is 13.4. The van der Waals surface area contributed by atoms with E-state index in [1.807, 2.05) is 16.7 Å². The van der Waals surface area contributed by atoms with E-state index in [1.54, 1.807) is 0 Å². The van der Waals surface area contributed by atoms with Gasteiger partial charge in [-0.1, -0.05) is 38.1 Å². The third-order valence-electron chi connectivity index (χ3n) is 6.48. The lowest BCUT2D eigenvalue weighted by Crippen LogP contribution is -2.52. The number of rotatable bonds is 6. The Hall–Kier alpha value is -2.08. The van der Waals surface area contributed by atoms with E-state index >= 15 is 0 Å². The molecule has 6 heteroatoms. The fraction of sp³-hybridized carbons (Fsp3) is 0.636. The second-order valence-electron chi connectivity index (χ2n) is 8.41. The fourth-order valence-electron chi connectivity index (χ4n) is 4.80. The van der Waals surface area contributed by atoms with Crippen LogP contribution in [0, 0.1) is 0 Å². The van der Waals surface area contributed by atoms with Crippen molar-refractivity contribution in [3.05, 3.63) is 35.4 Å². The van der Waals surface area contributed by atoms with E-state index in [4.69, 9.17) is 5.11 Å². The van der Waals surface area contributed by atoms with Crippen LogP contribution in [0.2, 0.25) is 0 Å². The normalized spacial score (nSPS) is 22.8. The number of aryl methyl sites for hydroxylation is 1. The van der Waals surface area contributed by atoms with E-state index < -0.39 is 5.97 Å². The number of urea groups is 1. The number of nitrogens with zero attached hydrogens (tertiary/aromatic N) is 2. The van der Waals surface area contributed by atoms with Crippen molar-refractivity contribution in [1.82, 2.24) is 15.1 Å². The Bertz CT molecular complexity index is 700. The van der Waals surface area contributed by atoms with Crippen LogP contribution in [0.3, 0.4) is 0 Å². The maximum absolute atomic E-state index is 12.7. The van der Waals surface area contributed by atoms with Crippen molar-refractivity contribution in [2.24, 2.45) is 0 Å². The lowest BCUT2D eigenvalue weighted by atomic mass is 9.71. The molecule has 1 heterocycles. The Balaban J connectivity index is 1.52. The van der Waals surface area contributed by atoms with E-state index in [0.29, 0.717) is 19.6 Å². The molecule has 2 aliphatic rings. The molecule has 1 aliphatic carbocycles. The van der Waals surface area contributed by atoms with Crippen molar-refractivity contribution in [1.29, 1.82) is 0 Å². The third kappa shape index (κ3) is 4.66. The van der Waals surface area contributed by atoms with Crippen LogP contribution >= 0.6 is 0 Å². The molecule has 0 aromatic heterocycles. The van der Waals surface area contributed by atoms with Crippen LogP contribution in [0.15, 0.2) is 24.3 Å². The van der Waals surface area contributed by atoms with Crippen molar-refractivity contribution >= 4 is 12.0 Å². The topological polar surface area (TPSA) is 72.9 Å². The Morgan fingerprint density at radius 1 is 1.29 bits per heavy atom. The van der Waals surface area contributed by atoms with Gasteiger partial charge >= 0.3 is 12.0 Å². The molecule has 1 atom stereocenters. The minimum absolute atomic E-state index is 0.00372. The first-order valence-corrected chi connectivity index (χ1v) is 10.5. The van der Waals surface area contributed by atoms with E-state index in [0.717, 1.165) is 38.6 Å². The maximum atomic E-state index is 12.7. The van der Waals surface area contributed by atoms with E-state index in [-0.39, 0.29) is 24.0 Å². The monoisotopic (exact) mass is 387 g/mol. The van der Waals surface area contributed by atoms with Crippen LogP contribution in [-0.4, -0.2) is 65.7 Å². The summed E-state index contributed by atoms with van der Waals surface area (Å²) in [6.45, 7) is 7.06. The average molecular weight is 388 g/mol. The van der Waals surface area contributed by atoms with Gasteiger partial charge in [0.2, 0.25) is 0 Å². The molecule has 0 spiro atoms. The lowest BCUT2D eigenvalue weighted by Gasteiger charge is -2.39. The second-order valence-corrected chi connectivity index (χ2v) is 8.41. The SMILES string of the molecule is CCN(CC(=O)O)C1CCN(C(=O)NCC2(C)CCCc3ccccc32)CC1. The number of likely N-dealkylation sites (N-methyl/N-ethyl adjacent to an activating group) is 1. The molecule has 1 unspecified atom stereocenters. The Morgan fingerprint density at radius 3 is 2.68 bits per heavy atom. The zero-order valence-electron chi connectivity index (χ0n) is 17.1. The molecule has 1 fully saturated rings. The molecule has 154 valence electrons. The van der Waals surface area contributed by atoms with Gasteiger partial charge in [-0.05, 0) is 49.8 Å². The number of carbonyl (C=O) groups is 2. The van der Waals surface area contributed by atoms with Crippen LogP contribution in [0.5, 0.6) is 0 Å². The van der Waals surface area contributed by atoms with E-state index in [2.05, 4.69) is 36.5 Å². The third-order valence-corrected chi connectivity index (χ3v) is 6.48. The molecular weight excluding hydrogens is 354 g/mol. The number of fused-ring (bicyclic) bond motifs is 1. The van der Waals surface area contributed by atoms with E-state index in [9.17, 15) is 9.59 Å². The molecule has 0 radical (unpaired) electrons. The molecule has 2 amide bonds. The van der Waals surface area contributed by atoms with Crippen molar-refractivity contribution in [2.75, 3.05) is 32.7 Å². The molecule has 6 nitrogen and oxygen atoms in total. The summed E-state index contributed by atoms with van der Waals surface area (Å²) in [7, 11) is 0. The average Bonchev–Trinajstić information content (AvgIpc) is 2.71. The quantitative estimate of drug-likeness (QED) is 0.787. The predicted octanol–water partition coefficient (Wildman–Crippen LogP) is 2.86. The number of carboxylic acid groups (broad SMARTS) is 1. The molecular formula is C22H33N3O3. The molecule has 28 heavy (non-hydrogen) atoms. The summed E-state index contributed by atoms with van der Waals surface area (Å²) in [5, 5.41) is 12.2. The molecule has 1 aromatic rings. The highest BCUT2D eigenvalue weighted by atomic mass is 16.4. The molecule has 1 aromatic carbocycles. The summed E-state index contributed by atoms with van der Waals surface area (Å²) in [5.41, 5.74) is 2.76. The number of piperidine rings is 1. The number of nitrogens with one attached hydrogen (secondary N) is 1. The highest BCUT2D eigenvalue weighted by molar-refractivity contribution is 5.74. The van der Waals surface area contributed by atoms with E-state index in [1.165, 1.54) is 11.1 Å². The van der Waals surface area contributed by atoms with Gasteiger partial charge in [0, 0.05) is 31.1 Å². The number of carboxylic acids is 1. The van der Waals surface area contributed by atoms with Gasteiger partial charge in [0.05, 0.1) is 6.54 Å². The number of hydrogen-bond donors (Lipinski definition) is 2. The Morgan fingerprint density at radius 2 is 2.00 bits per heavy atom. The Labute approximate surface area is 167 Å². The summed E-state index contributed by atoms with van der Waals surface area (Å²) in [6.07, 6.45) is 5.03. The molecule has 1 aliphatic heterocycles. The first kappa shape index (κ1) is 20.6. The van der Waals surface area contributed by atoms with Gasteiger partial charge < -0.3 is 15.3 Å². The molecule has 0 saturated carbocycles. The van der Waals surface area contributed by atoms with Crippen LogP contribution in [0.4, 0.5) is 4.79 Å². The first-order valence-electron chi connectivity index (χ1n) is 10.5. The maximum Gasteiger partial charge on any atom is 0.317 e. The summed E-state index contributed by atoms with van der Waals surface area (Å²) in [4.78, 5) is 27.6. The molecule has 2 N–H and O–H groups in total. The number of carbonyl (C=O) groups excluding carboxylic acids is 1. The van der Waals surface area contributed by atoms with Gasteiger partial charge in [0.1, 0.15) is 0 Å². The standard InChI is InChI=1S/C22H33N3O3/c1-3-24(15-20(26)27)18-10-13-25(14-11-18)21(28)23-16-22(2)12-6-8-17-7-4-5-9-19(17)22/h4-5,7,9,18H,3,6,8,10-16H2,1-2H3,(H,23,28)(H,26,27). The highest BCUT2D eigenvalue weighted by Crippen LogP contribution is 2.36. The second kappa shape index (κ2) is 8.95. The number of hydrogen-bond acceptors (Lipinski definition) is 3. The van der Waals surface area contributed by atoms with Crippen molar-refractivity contribution in [3.8, 4) is 0 Å². The van der Waals surface area contributed by atoms with Crippen LogP contribution in [-0.2, 0) is 16.6 Å². The molecule has 3 rings (SSSR count). The zero-order valence-corrected chi connectivity index (χ0v) is 17.1. The summed E-state index contributed by atoms with van der Waals surface area (Å²) < 4.78 is 0. The number of likely N-dealkylation sites (tertiary alicyclic amines) is 1. The summed E-state index contributed by atoms with van der Waals surface area (Å²) >= 11 is 0. The van der Waals surface area contributed by atoms with Crippen LogP contribution < -0.4 is 5.32 Å². The van der Waals surface area contributed by atoms with Gasteiger partial charge in [-0.2, -0.15) is 0 Å². The van der Waals surface area contributed by atoms with Crippen molar-refractivity contribution in [3.63, 3.8) is 0 Å². The number of amides is 2. The van der Waals surface area contributed by atoms with Crippen LogP contribution in [0.1, 0.15) is 50.7 Å². The highest BCUT2D eigenvalue weighted by Gasteiger charge is 2.33. The minimum Gasteiger partial charge on any atom is -0.480 e. The predicted molar refractivity (Wildman–Crippen MR) is 110 cm³/mol. The molecule has 0 bridgehead atoms. The smallest absolute Gasteiger partial charge is 0.317 e. The van der Waals surface area contributed by atoms with Gasteiger partial charge in [0.15, 0.2) is 0 Å². The summed E-state index contributed by atoms with van der Waals surface area (Å²) in [6, 6.07) is 8.84. The Kier molecular flexibility index (Phi) is 6.60. The van der Waals surface area contributed by atoms with Gasteiger partial charge in [-0.25, -0.2) is 4.79 Å². The zero-order chi connectivity index (χ0) is 20.1. The fourth-order valence-corrected chi connectivity index (χ4v) is 4.80.